The Morgan fingerprint density at radius 2 is 1.95 bits per heavy atom. The van der Waals surface area contributed by atoms with Gasteiger partial charge in [-0.1, -0.05) is 41.2 Å². The summed E-state index contributed by atoms with van der Waals surface area (Å²) in [5.41, 5.74) is 3.37. The average molecular weight is 262 g/mol. The van der Waals surface area contributed by atoms with Gasteiger partial charge in [0.2, 0.25) is 0 Å². The van der Waals surface area contributed by atoms with Gasteiger partial charge < -0.3 is 4.74 Å². The van der Waals surface area contributed by atoms with Gasteiger partial charge in [-0.25, -0.2) is 0 Å². The Labute approximate surface area is 119 Å². The van der Waals surface area contributed by atoms with Crippen LogP contribution in [0.4, 0.5) is 0 Å². The number of ether oxygens (including phenoxy) is 1. The molecule has 0 aromatic carbocycles. The SMILES string of the molecule is C=C(C)COC1=C2C(CCC1)C(C)(C)C(C)C2(C)C. The van der Waals surface area contributed by atoms with Crippen molar-refractivity contribution in [2.75, 3.05) is 6.61 Å². The largest absolute Gasteiger partial charge is 0.494 e. The molecule has 0 amide bonds. The maximum atomic E-state index is 6.12. The van der Waals surface area contributed by atoms with Crippen LogP contribution in [-0.2, 0) is 4.74 Å². The number of fused-ring (bicyclic) bond motifs is 1. The van der Waals surface area contributed by atoms with E-state index in [2.05, 4.69) is 41.2 Å². The molecule has 2 rings (SSSR count). The average Bonchev–Trinajstić information content (AvgIpc) is 2.47. The van der Waals surface area contributed by atoms with Crippen LogP contribution >= 0.6 is 0 Å². The molecule has 0 N–H and O–H groups in total. The summed E-state index contributed by atoms with van der Waals surface area (Å²) in [5.74, 6) is 2.68. The van der Waals surface area contributed by atoms with Crippen molar-refractivity contribution in [2.45, 2.75) is 60.8 Å². The molecule has 2 unspecified atom stereocenters. The molecular weight excluding hydrogens is 232 g/mol. The first-order valence-corrected chi connectivity index (χ1v) is 7.69. The second-order valence-corrected chi connectivity index (χ2v) is 7.79. The summed E-state index contributed by atoms with van der Waals surface area (Å²) >= 11 is 0. The summed E-state index contributed by atoms with van der Waals surface area (Å²) in [6.07, 6.45) is 3.72. The topological polar surface area (TPSA) is 9.23 Å². The fourth-order valence-electron chi connectivity index (χ4n) is 4.32. The molecule has 108 valence electrons. The fourth-order valence-corrected chi connectivity index (χ4v) is 4.32. The Bertz CT molecular complexity index is 411. The van der Waals surface area contributed by atoms with Crippen molar-refractivity contribution in [3.8, 4) is 0 Å². The van der Waals surface area contributed by atoms with Gasteiger partial charge in [0.25, 0.3) is 0 Å². The normalized spacial score (nSPS) is 32.1. The van der Waals surface area contributed by atoms with E-state index >= 15 is 0 Å². The minimum absolute atomic E-state index is 0.263. The van der Waals surface area contributed by atoms with Crippen LogP contribution in [-0.4, -0.2) is 6.61 Å². The lowest BCUT2D eigenvalue weighted by atomic mass is 9.71. The first-order chi connectivity index (χ1) is 8.69. The van der Waals surface area contributed by atoms with Gasteiger partial charge in [0.1, 0.15) is 6.61 Å². The van der Waals surface area contributed by atoms with Crippen LogP contribution in [0.1, 0.15) is 60.8 Å². The molecule has 0 aromatic rings. The molecule has 1 heteroatoms. The molecule has 0 aromatic heterocycles. The minimum atomic E-state index is 0.263. The van der Waals surface area contributed by atoms with Gasteiger partial charge in [0.15, 0.2) is 0 Å². The third kappa shape index (κ3) is 2.26. The Balaban J connectivity index is 2.41. The van der Waals surface area contributed by atoms with E-state index in [4.69, 9.17) is 4.74 Å². The number of hydrogen-bond acceptors (Lipinski definition) is 1. The van der Waals surface area contributed by atoms with Crippen molar-refractivity contribution in [3.05, 3.63) is 23.5 Å². The van der Waals surface area contributed by atoms with Crippen molar-refractivity contribution in [1.82, 2.24) is 0 Å². The summed E-state index contributed by atoms with van der Waals surface area (Å²) in [5, 5.41) is 0. The number of rotatable bonds is 3. The van der Waals surface area contributed by atoms with E-state index in [1.54, 1.807) is 5.57 Å². The number of allylic oxidation sites excluding steroid dienone is 2. The highest BCUT2D eigenvalue weighted by molar-refractivity contribution is 5.32. The standard InChI is InChI=1S/C18H30O/c1-12(2)11-19-15-10-8-9-14-16(15)18(6,7)13(3)17(14,4)5/h13-14H,1,8-11H2,2-7H3. The molecule has 0 saturated heterocycles. The Kier molecular flexibility index (Phi) is 3.62. The van der Waals surface area contributed by atoms with E-state index in [0.717, 1.165) is 12.0 Å². The van der Waals surface area contributed by atoms with Crippen molar-refractivity contribution >= 4 is 0 Å². The first kappa shape index (κ1) is 14.7. The predicted octanol–water partition coefficient (Wildman–Crippen LogP) is 5.34. The van der Waals surface area contributed by atoms with Crippen LogP contribution in [0.3, 0.4) is 0 Å². The van der Waals surface area contributed by atoms with Crippen LogP contribution in [0, 0.1) is 22.7 Å². The summed E-state index contributed by atoms with van der Waals surface area (Å²) in [4.78, 5) is 0. The molecule has 1 fully saturated rings. The van der Waals surface area contributed by atoms with Crippen molar-refractivity contribution < 1.29 is 4.74 Å². The molecule has 1 saturated carbocycles. The summed E-state index contributed by atoms with van der Waals surface area (Å²) < 4.78 is 6.12. The Morgan fingerprint density at radius 1 is 1.32 bits per heavy atom. The number of hydrogen-bond donors (Lipinski definition) is 0. The lowest BCUT2D eigenvalue weighted by Crippen LogP contribution is -2.27. The van der Waals surface area contributed by atoms with Crippen LogP contribution in [0.15, 0.2) is 23.5 Å². The highest BCUT2D eigenvalue weighted by Crippen LogP contribution is 2.63. The Morgan fingerprint density at radius 3 is 2.53 bits per heavy atom. The minimum Gasteiger partial charge on any atom is -0.494 e. The van der Waals surface area contributed by atoms with Crippen LogP contribution in [0.2, 0.25) is 0 Å². The monoisotopic (exact) mass is 262 g/mol. The van der Waals surface area contributed by atoms with E-state index in [1.165, 1.54) is 18.6 Å². The van der Waals surface area contributed by atoms with Crippen molar-refractivity contribution in [2.24, 2.45) is 22.7 Å². The lowest BCUT2D eigenvalue weighted by molar-refractivity contribution is 0.147. The third-order valence-electron chi connectivity index (χ3n) is 5.83. The van der Waals surface area contributed by atoms with Gasteiger partial charge in [0.05, 0.1) is 5.76 Å². The molecule has 0 heterocycles. The molecular formula is C18H30O. The molecule has 2 aliphatic carbocycles. The van der Waals surface area contributed by atoms with Gasteiger partial charge in [0, 0.05) is 6.42 Å². The molecule has 0 radical (unpaired) electrons. The molecule has 2 atom stereocenters. The van der Waals surface area contributed by atoms with Crippen LogP contribution in [0.25, 0.3) is 0 Å². The zero-order valence-electron chi connectivity index (χ0n) is 13.6. The van der Waals surface area contributed by atoms with E-state index in [1.807, 2.05) is 6.92 Å². The highest BCUT2D eigenvalue weighted by atomic mass is 16.5. The maximum absolute atomic E-state index is 6.12. The quantitative estimate of drug-likeness (QED) is 0.624. The molecule has 1 nitrogen and oxygen atoms in total. The van der Waals surface area contributed by atoms with E-state index in [0.29, 0.717) is 23.9 Å². The van der Waals surface area contributed by atoms with Crippen LogP contribution < -0.4 is 0 Å². The van der Waals surface area contributed by atoms with E-state index < -0.39 is 0 Å². The third-order valence-corrected chi connectivity index (χ3v) is 5.83. The maximum Gasteiger partial charge on any atom is 0.108 e. The fraction of sp³-hybridized carbons (Fsp3) is 0.778. The second kappa shape index (κ2) is 4.68. The van der Waals surface area contributed by atoms with Crippen LogP contribution in [0.5, 0.6) is 0 Å². The smallest absolute Gasteiger partial charge is 0.108 e. The summed E-state index contributed by atoms with van der Waals surface area (Å²) in [7, 11) is 0. The van der Waals surface area contributed by atoms with Crippen molar-refractivity contribution in [3.63, 3.8) is 0 Å². The zero-order chi connectivity index (χ0) is 14.4. The van der Waals surface area contributed by atoms with Gasteiger partial charge in [-0.15, -0.1) is 0 Å². The molecule has 0 spiro atoms. The molecule has 2 aliphatic rings. The molecule has 0 bridgehead atoms. The van der Waals surface area contributed by atoms with Gasteiger partial charge in [-0.2, -0.15) is 0 Å². The summed E-state index contributed by atoms with van der Waals surface area (Å²) in [6, 6.07) is 0. The van der Waals surface area contributed by atoms with E-state index in [9.17, 15) is 0 Å². The van der Waals surface area contributed by atoms with Gasteiger partial charge >= 0.3 is 0 Å². The lowest BCUT2D eigenvalue weighted by Gasteiger charge is -2.34. The van der Waals surface area contributed by atoms with E-state index in [-0.39, 0.29) is 5.41 Å². The highest BCUT2D eigenvalue weighted by Gasteiger charge is 2.56. The summed E-state index contributed by atoms with van der Waals surface area (Å²) in [6.45, 7) is 18.8. The second-order valence-electron chi connectivity index (χ2n) is 7.79. The van der Waals surface area contributed by atoms with Gasteiger partial charge in [-0.3, -0.25) is 0 Å². The molecule has 0 aliphatic heterocycles. The first-order valence-electron chi connectivity index (χ1n) is 7.69. The van der Waals surface area contributed by atoms with Crippen molar-refractivity contribution in [1.29, 1.82) is 0 Å². The zero-order valence-corrected chi connectivity index (χ0v) is 13.6. The Hall–Kier alpha value is -0.720. The molecule has 19 heavy (non-hydrogen) atoms. The predicted molar refractivity (Wildman–Crippen MR) is 81.9 cm³/mol. The van der Waals surface area contributed by atoms with Gasteiger partial charge in [-0.05, 0) is 53.6 Å².